The minimum Gasteiger partial charge on any atom is -0.506 e. The molecule has 1 aliphatic heterocycles. The predicted octanol–water partition coefficient (Wildman–Crippen LogP) is 5.04. The van der Waals surface area contributed by atoms with Gasteiger partial charge in [-0.25, -0.2) is 0 Å². The Labute approximate surface area is 204 Å². The van der Waals surface area contributed by atoms with E-state index in [1.165, 1.54) is 19.1 Å². The first kappa shape index (κ1) is 23.9. The van der Waals surface area contributed by atoms with E-state index in [1.807, 2.05) is 38.1 Å². The molecule has 1 aliphatic rings. The zero-order valence-electron chi connectivity index (χ0n) is 20.1. The van der Waals surface area contributed by atoms with Crippen molar-refractivity contribution in [3.05, 3.63) is 89.0 Å². The smallest absolute Gasteiger partial charge is 0.300 e. The third kappa shape index (κ3) is 4.33. The number of hydrogen-bond acceptors (Lipinski definition) is 6. The van der Waals surface area contributed by atoms with Gasteiger partial charge in [0.25, 0.3) is 11.7 Å². The van der Waals surface area contributed by atoms with Crippen LogP contribution in [-0.2, 0) is 9.59 Å². The van der Waals surface area contributed by atoms with Crippen LogP contribution >= 0.6 is 0 Å². The number of aliphatic hydroxyl groups is 1. The highest BCUT2D eigenvalue weighted by Gasteiger charge is 2.47. The summed E-state index contributed by atoms with van der Waals surface area (Å²) in [6, 6.07) is 18.6. The third-order valence-corrected chi connectivity index (χ3v) is 5.89. The molecule has 7 nitrogen and oxygen atoms in total. The van der Waals surface area contributed by atoms with Gasteiger partial charge in [-0.1, -0.05) is 35.9 Å². The van der Waals surface area contributed by atoms with E-state index >= 15 is 0 Å². The number of carbonyl (C=O) groups is 2. The molecule has 0 aliphatic carbocycles. The molecule has 1 N–H and O–H groups in total. The zero-order chi connectivity index (χ0) is 25.1. The molecule has 0 spiro atoms. The summed E-state index contributed by atoms with van der Waals surface area (Å²) in [5, 5.41) is 11.5. The van der Waals surface area contributed by atoms with Gasteiger partial charge < -0.3 is 19.3 Å². The quantitative estimate of drug-likeness (QED) is 0.294. The molecule has 1 saturated heterocycles. The molecule has 0 aromatic heterocycles. The SMILES string of the molecule is CCOc1ccc(N2C(=O)C(=O)/C(=C(/O)c3c(OC)cccc3OC)C2c2cccc(C)c2)cc1. The van der Waals surface area contributed by atoms with Crippen LogP contribution < -0.4 is 19.1 Å². The first-order valence-corrected chi connectivity index (χ1v) is 11.2. The summed E-state index contributed by atoms with van der Waals surface area (Å²) >= 11 is 0. The van der Waals surface area contributed by atoms with Crippen molar-refractivity contribution >= 4 is 23.1 Å². The summed E-state index contributed by atoms with van der Waals surface area (Å²) in [4.78, 5) is 28.2. The van der Waals surface area contributed by atoms with E-state index in [0.717, 1.165) is 5.56 Å². The molecule has 3 aromatic carbocycles. The number of nitrogens with zero attached hydrogens (tertiary/aromatic N) is 1. The predicted molar refractivity (Wildman–Crippen MR) is 133 cm³/mol. The highest BCUT2D eigenvalue weighted by molar-refractivity contribution is 6.51. The number of aryl methyl sites for hydroxylation is 1. The van der Waals surface area contributed by atoms with E-state index in [0.29, 0.717) is 35.1 Å². The van der Waals surface area contributed by atoms with Crippen molar-refractivity contribution in [1.82, 2.24) is 0 Å². The highest BCUT2D eigenvalue weighted by Crippen LogP contribution is 2.45. The lowest BCUT2D eigenvalue weighted by atomic mass is 9.93. The summed E-state index contributed by atoms with van der Waals surface area (Å²) in [7, 11) is 2.92. The van der Waals surface area contributed by atoms with Gasteiger partial charge in [-0.3, -0.25) is 14.5 Å². The normalized spacial score (nSPS) is 16.9. The summed E-state index contributed by atoms with van der Waals surface area (Å²) in [6.07, 6.45) is 0. The molecule has 0 bridgehead atoms. The van der Waals surface area contributed by atoms with Gasteiger partial charge >= 0.3 is 0 Å². The first-order chi connectivity index (χ1) is 16.9. The van der Waals surface area contributed by atoms with E-state index < -0.39 is 17.7 Å². The van der Waals surface area contributed by atoms with Crippen LogP contribution in [0, 0.1) is 6.92 Å². The van der Waals surface area contributed by atoms with Gasteiger partial charge in [0, 0.05) is 5.69 Å². The Hall–Kier alpha value is -4.26. The molecule has 0 saturated carbocycles. The first-order valence-electron chi connectivity index (χ1n) is 11.2. The molecule has 0 radical (unpaired) electrons. The minimum absolute atomic E-state index is 0.0442. The second-order valence-corrected chi connectivity index (χ2v) is 8.05. The zero-order valence-corrected chi connectivity index (χ0v) is 20.1. The van der Waals surface area contributed by atoms with Gasteiger partial charge in [0.05, 0.1) is 32.4 Å². The topological polar surface area (TPSA) is 85.3 Å². The molecule has 35 heavy (non-hydrogen) atoms. The second-order valence-electron chi connectivity index (χ2n) is 8.05. The number of ketones is 1. The van der Waals surface area contributed by atoms with Crippen molar-refractivity contribution in [3.63, 3.8) is 0 Å². The maximum atomic E-state index is 13.4. The molecule has 1 fully saturated rings. The maximum absolute atomic E-state index is 13.4. The lowest BCUT2D eigenvalue weighted by molar-refractivity contribution is -0.132. The summed E-state index contributed by atoms with van der Waals surface area (Å²) in [6.45, 7) is 4.32. The Bertz CT molecular complexity index is 1270. The molecular weight excluding hydrogens is 446 g/mol. The Morgan fingerprint density at radius 1 is 0.943 bits per heavy atom. The summed E-state index contributed by atoms with van der Waals surface area (Å²) < 4.78 is 16.4. The van der Waals surface area contributed by atoms with Crippen molar-refractivity contribution in [2.45, 2.75) is 19.9 Å². The number of aliphatic hydroxyl groups excluding tert-OH is 1. The van der Waals surface area contributed by atoms with Gasteiger partial charge in [-0.2, -0.15) is 0 Å². The summed E-state index contributed by atoms with van der Waals surface area (Å²) in [5.74, 6) is -0.613. The van der Waals surface area contributed by atoms with E-state index in [1.54, 1.807) is 42.5 Å². The standard InChI is InChI=1S/C28H27NO6/c1-5-35-20-14-12-19(13-15-20)29-25(18-9-6-8-17(2)16-18)24(27(31)28(29)32)26(30)23-21(33-3)10-7-11-22(23)34-4/h6-16,25,30H,5H2,1-4H3/b26-24+. The van der Waals surface area contributed by atoms with Crippen molar-refractivity contribution in [1.29, 1.82) is 0 Å². The molecule has 1 amide bonds. The van der Waals surface area contributed by atoms with Crippen molar-refractivity contribution in [2.75, 3.05) is 25.7 Å². The highest BCUT2D eigenvalue weighted by atomic mass is 16.5. The Morgan fingerprint density at radius 2 is 1.57 bits per heavy atom. The Kier molecular flexibility index (Phi) is 6.78. The molecule has 1 heterocycles. The van der Waals surface area contributed by atoms with Crippen molar-refractivity contribution in [2.24, 2.45) is 0 Å². The minimum atomic E-state index is -0.859. The van der Waals surface area contributed by atoms with Crippen LogP contribution in [0.25, 0.3) is 5.76 Å². The lowest BCUT2D eigenvalue weighted by Crippen LogP contribution is -2.29. The van der Waals surface area contributed by atoms with Gasteiger partial charge in [-0.05, 0) is 55.8 Å². The van der Waals surface area contributed by atoms with E-state index in [9.17, 15) is 14.7 Å². The monoisotopic (exact) mass is 473 g/mol. The van der Waals surface area contributed by atoms with Gasteiger partial charge in [0.15, 0.2) is 0 Å². The van der Waals surface area contributed by atoms with Gasteiger partial charge in [0.2, 0.25) is 0 Å². The number of carbonyl (C=O) groups excluding carboxylic acids is 2. The van der Waals surface area contributed by atoms with Crippen molar-refractivity contribution < 1.29 is 28.9 Å². The van der Waals surface area contributed by atoms with Crippen LogP contribution in [0.3, 0.4) is 0 Å². The molecular formula is C28H27NO6. The Balaban J connectivity index is 1.96. The van der Waals surface area contributed by atoms with Crippen LogP contribution in [0.4, 0.5) is 5.69 Å². The average molecular weight is 474 g/mol. The third-order valence-electron chi connectivity index (χ3n) is 5.89. The van der Waals surface area contributed by atoms with Crippen LogP contribution in [0.1, 0.15) is 29.7 Å². The number of anilines is 1. The molecule has 1 atom stereocenters. The van der Waals surface area contributed by atoms with Crippen LogP contribution in [0.15, 0.2) is 72.3 Å². The van der Waals surface area contributed by atoms with E-state index in [2.05, 4.69) is 0 Å². The second kappa shape index (κ2) is 9.93. The number of methoxy groups -OCH3 is 2. The number of benzene rings is 3. The fourth-order valence-electron chi connectivity index (χ4n) is 4.34. The largest absolute Gasteiger partial charge is 0.506 e. The van der Waals surface area contributed by atoms with Crippen LogP contribution in [0.2, 0.25) is 0 Å². The average Bonchev–Trinajstić information content (AvgIpc) is 3.14. The number of ether oxygens (including phenoxy) is 3. The number of rotatable bonds is 7. The molecule has 180 valence electrons. The van der Waals surface area contributed by atoms with E-state index in [-0.39, 0.29) is 16.9 Å². The van der Waals surface area contributed by atoms with E-state index in [4.69, 9.17) is 14.2 Å². The van der Waals surface area contributed by atoms with Crippen molar-refractivity contribution in [3.8, 4) is 17.2 Å². The molecule has 3 aromatic rings. The number of amides is 1. The number of Topliss-reactive ketones (excluding diaryl/α,β-unsaturated/α-hetero) is 1. The maximum Gasteiger partial charge on any atom is 0.300 e. The number of hydrogen-bond donors (Lipinski definition) is 1. The molecule has 7 heteroatoms. The Morgan fingerprint density at radius 3 is 2.14 bits per heavy atom. The molecule has 4 rings (SSSR count). The van der Waals surface area contributed by atoms with Gasteiger partial charge in [0.1, 0.15) is 28.6 Å². The lowest BCUT2D eigenvalue weighted by Gasteiger charge is -2.26. The molecule has 1 unspecified atom stereocenters. The van der Waals surface area contributed by atoms with Crippen LogP contribution in [0.5, 0.6) is 17.2 Å². The van der Waals surface area contributed by atoms with Crippen LogP contribution in [-0.4, -0.2) is 37.6 Å². The fourth-order valence-corrected chi connectivity index (χ4v) is 4.34. The summed E-state index contributed by atoms with van der Waals surface area (Å²) in [5.41, 5.74) is 2.31. The van der Waals surface area contributed by atoms with Gasteiger partial charge in [-0.15, -0.1) is 0 Å². The fraction of sp³-hybridized carbons (Fsp3) is 0.214.